The van der Waals surface area contributed by atoms with Crippen LogP contribution in [0.3, 0.4) is 0 Å². The van der Waals surface area contributed by atoms with Crippen LogP contribution in [0.25, 0.3) is 0 Å². The molecule has 2 unspecified atom stereocenters. The first-order valence-corrected chi connectivity index (χ1v) is 7.38. The van der Waals surface area contributed by atoms with Crippen LogP contribution >= 0.6 is 0 Å². The van der Waals surface area contributed by atoms with Gasteiger partial charge < -0.3 is 16.2 Å². The molecule has 0 saturated carbocycles. The molecular formula is C16H25N3O3. The first-order chi connectivity index (χ1) is 10.3. The van der Waals surface area contributed by atoms with E-state index in [0.717, 1.165) is 5.56 Å². The third-order valence-electron chi connectivity index (χ3n) is 3.61. The Morgan fingerprint density at radius 2 is 2.23 bits per heavy atom. The maximum Gasteiger partial charge on any atom is 0.292 e. The standard InChI is InChI=1S/C16H25N3O3/c1-4-9-16(3,20)15(17)6-5-10-18-13-11-12(2)7-8-14(13)19(21)22/h4,7-9,11,15,18,20H,5-6,10,17H2,1-3H3/b9-4+. The van der Waals surface area contributed by atoms with Crippen molar-refractivity contribution in [2.45, 2.75) is 45.3 Å². The van der Waals surface area contributed by atoms with Crippen molar-refractivity contribution in [1.82, 2.24) is 0 Å². The Bertz CT molecular complexity index is 541. The highest BCUT2D eigenvalue weighted by Crippen LogP contribution is 2.25. The maximum atomic E-state index is 11.0. The molecule has 0 saturated heterocycles. The normalized spacial score (nSPS) is 15.5. The molecule has 0 aromatic heterocycles. The topological polar surface area (TPSA) is 101 Å². The largest absolute Gasteiger partial charge is 0.384 e. The molecule has 6 nitrogen and oxygen atoms in total. The lowest BCUT2D eigenvalue weighted by Crippen LogP contribution is -2.44. The van der Waals surface area contributed by atoms with Crippen LogP contribution in [-0.2, 0) is 0 Å². The summed E-state index contributed by atoms with van der Waals surface area (Å²) >= 11 is 0. The highest BCUT2D eigenvalue weighted by molar-refractivity contribution is 5.62. The van der Waals surface area contributed by atoms with E-state index in [9.17, 15) is 15.2 Å². The highest BCUT2D eigenvalue weighted by Gasteiger charge is 2.24. The number of aryl methyl sites for hydroxylation is 1. The number of nitrogens with two attached hydrogens (primary N) is 1. The molecule has 0 aliphatic heterocycles. The fraction of sp³-hybridized carbons (Fsp3) is 0.500. The van der Waals surface area contributed by atoms with Crippen LogP contribution in [0.15, 0.2) is 30.4 Å². The number of allylic oxidation sites excluding steroid dienone is 1. The van der Waals surface area contributed by atoms with E-state index >= 15 is 0 Å². The van der Waals surface area contributed by atoms with Crippen molar-refractivity contribution >= 4 is 11.4 Å². The number of nitrogens with zero attached hydrogens (tertiary/aromatic N) is 1. The van der Waals surface area contributed by atoms with E-state index in [1.165, 1.54) is 6.07 Å². The number of aliphatic hydroxyl groups is 1. The van der Waals surface area contributed by atoms with Crippen LogP contribution in [0.5, 0.6) is 0 Å². The number of hydrogen-bond donors (Lipinski definition) is 3. The minimum atomic E-state index is -1.04. The number of rotatable bonds is 8. The summed E-state index contributed by atoms with van der Waals surface area (Å²) in [5.74, 6) is 0. The fourth-order valence-corrected chi connectivity index (χ4v) is 2.25. The van der Waals surface area contributed by atoms with Gasteiger partial charge in [-0.1, -0.05) is 18.2 Å². The monoisotopic (exact) mass is 307 g/mol. The van der Waals surface area contributed by atoms with Crippen LogP contribution < -0.4 is 11.1 Å². The second-order valence-electron chi connectivity index (χ2n) is 5.68. The van der Waals surface area contributed by atoms with E-state index in [1.54, 1.807) is 31.2 Å². The first-order valence-electron chi connectivity index (χ1n) is 7.38. The van der Waals surface area contributed by atoms with E-state index in [2.05, 4.69) is 5.32 Å². The van der Waals surface area contributed by atoms with Crippen molar-refractivity contribution in [2.75, 3.05) is 11.9 Å². The smallest absolute Gasteiger partial charge is 0.292 e. The van der Waals surface area contributed by atoms with Crippen molar-refractivity contribution in [1.29, 1.82) is 0 Å². The van der Waals surface area contributed by atoms with Gasteiger partial charge in [-0.2, -0.15) is 0 Å². The molecule has 0 bridgehead atoms. The Kier molecular flexibility index (Phi) is 6.52. The highest BCUT2D eigenvalue weighted by atomic mass is 16.6. The second-order valence-corrected chi connectivity index (χ2v) is 5.68. The molecule has 0 aliphatic carbocycles. The first kappa shape index (κ1) is 18.1. The molecular weight excluding hydrogens is 282 g/mol. The van der Waals surface area contributed by atoms with Gasteiger partial charge in [-0.25, -0.2) is 0 Å². The summed E-state index contributed by atoms with van der Waals surface area (Å²) < 4.78 is 0. The van der Waals surface area contributed by atoms with E-state index < -0.39 is 10.5 Å². The van der Waals surface area contributed by atoms with Gasteiger partial charge in [0.05, 0.1) is 10.5 Å². The van der Waals surface area contributed by atoms with Crippen molar-refractivity contribution in [3.8, 4) is 0 Å². The van der Waals surface area contributed by atoms with Crippen molar-refractivity contribution in [3.05, 3.63) is 46.0 Å². The summed E-state index contributed by atoms with van der Waals surface area (Å²) in [5, 5.41) is 24.2. The fourth-order valence-electron chi connectivity index (χ4n) is 2.25. The number of nitro benzene ring substituents is 1. The molecule has 2 atom stereocenters. The minimum Gasteiger partial charge on any atom is -0.384 e. The van der Waals surface area contributed by atoms with E-state index in [0.29, 0.717) is 25.1 Å². The molecule has 122 valence electrons. The molecule has 4 N–H and O–H groups in total. The Morgan fingerprint density at radius 1 is 1.55 bits per heavy atom. The summed E-state index contributed by atoms with van der Waals surface area (Å²) in [4.78, 5) is 10.6. The van der Waals surface area contributed by atoms with E-state index in [4.69, 9.17) is 5.73 Å². The zero-order chi connectivity index (χ0) is 16.8. The van der Waals surface area contributed by atoms with Gasteiger partial charge in [-0.3, -0.25) is 10.1 Å². The second kappa shape index (κ2) is 7.91. The summed E-state index contributed by atoms with van der Waals surface area (Å²) in [6.07, 6.45) is 4.77. The molecule has 6 heteroatoms. The van der Waals surface area contributed by atoms with Crippen molar-refractivity contribution < 1.29 is 10.0 Å². The number of nitro groups is 1. The van der Waals surface area contributed by atoms with E-state index in [1.807, 2.05) is 13.8 Å². The van der Waals surface area contributed by atoms with Gasteiger partial charge in [0, 0.05) is 18.7 Å². The number of nitrogens with one attached hydrogen (secondary N) is 1. The average Bonchev–Trinajstić information content (AvgIpc) is 2.42. The van der Waals surface area contributed by atoms with Crippen LogP contribution in [0.2, 0.25) is 0 Å². The Hall–Kier alpha value is -1.92. The van der Waals surface area contributed by atoms with Gasteiger partial charge in [0.1, 0.15) is 5.69 Å². The summed E-state index contributed by atoms with van der Waals surface area (Å²) in [6, 6.07) is 4.60. The quantitative estimate of drug-likeness (QED) is 0.297. The predicted molar refractivity (Wildman–Crippen MR) is 89.0 cm³/mol. The molecule has 0 heterocycles. The molecule has 0 amide bonds. The molecule has 1 aromatic carbocycles. The van der Waals surface area contributed by atoms with Gasteiger partial charge >= 0.3 is 0 Å². The van der Waals surface area contributed by atoms with Crippen LogP contribution in [0, 0.1) is 17.0 Å². The van der Waals surface area contributed by atoms with Crippen LogP contribution in [-0.4, -0.2) is 28.2 Å². The summed E-state index contributed by atoms with van der Waals surface area (Å²) in [7, 11) is 0. The Labute approximate surface area is 131 Å². The van der Waals surface area contributed by atoms with Crippen molar-refractivity contribution in [3.63, 3.8) is 0 Å². The predicted octanol–water partition coefficient (Wildman–Crippen LogP) is 2.75. The molecule has 1 aromatic rings. The molecule has 0 aliphatic rings. The number of anilines is 1. The third kappa shape index (κ3) is 5.13. The van der Waals surface area contributed by atoms with Gasteiger partial charge in [0.2, 0.25) is 0 Å². The Morgan fingerprint density at radius 3 is 2.82 bits per heavy atom. The van der Waals surface area contributed by atoms with Crippen LogP contribution in [0.1, 0.15) is 32.3 Å². The molecule has 0 fully saturated rings. The zero-order valence-corrected chi connectivity index (χ0v) is 13.4. The van der Waals surface area contributed by atoms with Crippen LogP contribution in [0.4, 0.5) is 11.4 Å². The van der Waals surface area contributed by atoms with Gasteiger partial charge in [0.15, 0.2) is 0 Å². The molecule has 22 heavy (non-hydrogen) atoms. The lowest BCUT2D eigenvalue weighted by atomic mass is 9.93. The average molecular weight is 307 g/mol. The van der Waals surface area contributed by atoms with E-state index in [-0.39, 0.29) is 11.7 Å². The summed E-state index contributed by atoms with van der Waals surface area (Å²) in [6.45, 7) is 5.96. The minimum absolute atomic E-state index is 0.0656. The number of hydrogen-bond acceptors (Lipinski definition) is 5. The van der Waals surface area contributed by atoms with Gasteiger partial charge in [0.25, 0.3) is 5.69 Å². The van der Waals surface area contributed by atoms with Crippen molar-refractivity contribution in [2.24, 2.45) is 5.73 Å². The zero-order valence-electron chi connectivity index (χ0n) is 13.4. The third-order valence-corrected chi connectivity index (χ3v) is 3.61. The maximum absolute atomic E-state index is 11.0. The lowest BCUT2D eigenvalue weighted by Gasteiger charge is -2.27. The summed E-state index contributed by atoms with van der Waals surface area (Å²) in [5.41, 5.74) is 6.48. The van der Waals surface area contributed by atoms with Gasteiger partial charge in [-0.05, 0) is 45.2 Å². The Balaban J connectivity index is 2.55. The number of benzene rings is 1. The molecule has 0 spiro atoms. The lowest BCUT2D eigenvalue weighted by molar-refractivity contribution is -0.384. The SMILES string of the molecule is C/C=C/C(C)(O)C(N)CCCNc1cc(C)ccc1[N+](=O)[O-]. The molecule has 0 radical (unpaired) electrons. The van der Waals surface area contributed by atoms with Gasteiger partial charge in [-0.15, -0.1) is 0 Å². The molecule has 1 rings (SSSR count).